The molecule has 0 aliphatic carbocycles. The number of hydrogen-bond donors (Lipinski definition) is 1. The molecule has 0 unspecified atom stereocenters. The van der Waals surface area contributed by atoms with E-state index in [9.17, 15) is 8.42 Å². The van der Waals surface area contributed by atoms with Crippen LogP contribution in [0.2, 0.25) is 0 Å². The van der Waals surface area contributed by atoms with E-state index in [1.54, 1.807) is 6.92 Å². The number of rotatable bonds is 2. The van der Waals surface area contributed by atoms with Gasteiger partial charge in [-0.2, -0.15) is 8.42 Å². The van der Waals surface area contributed by atoms with Gasteiger partial charge in [0.1, 0.15) is 0 Å². The van der Waals surface area contributed by atoms with E-state index in [0.717, 1.165) is 4.41 Å². The molecule has 0 aromatic rings. The Kier molecular flexibility index (Phi) is 1.65. The standard InChI is InChI=1S/C4H7N3O2S/c1-2-10(8,9)7-4-5-3-6-7/h3-4H,2H2,1H3/p+1. The third kappa shape index (κ3) is 1.12. The highest BCUT2D eigenvalue weighted by molar-refractivity contribution is 7.89. The maximum atomic E-state index is 11.0. The molecular formula is C4H8N3O2S+. The zero-order chi connectivity index (χ0) is 7.61. The average Bonchev–Trinajstić information content (AvgIpc) is 2.38. The SMILES string of the molecule is CCS(=O)(=O)N1C=[N+]=CN1. The van der Waals surface area contributed by atoms with Crippen LogP contribution < -0.4 is 10.1 Å². The van der Waals surface area contributed by atoms with Crippen LogP contribution in [0.15, 0.2) is 0 Å². The molecule has 0 saturated heterocycles. The van der Waals surface area contributed by atoms with Crippen LogP contribution in [0.25, 0.3) is 0 Å². The van der Waals surface area contributed by atoms with Crippen LogP contribution in [0.5, 0.6) is 0 Å². The summed E-state index contributed by atoms with van der Waals surface area (Å²) in [7, 11) is -3.16. The van der Waals surface area contributed by atoms with Crippen molar-refractivity contribution in [2.24, 2.45) is 0 Å². The molecule has 0 saturated carbocycles. The Balaban J connectivity index is 2.77. The van der Waals surface area contributed by atoms with Gasteiger partial charge in [-0.3, -0.25) is 0 Å². The molecule has 6 heteroatoms. The summed E-state index contributed by atoms with van der Waals surface area (Å²) in [4.78, 5) is 0. The third-order valence-electron chi connectivity index (χ3n) is 1.10. The predicted octanol–water partition coefficient (Wildman–Crippen LogP) is -1.72. The van der Waals surface area contributed by atoms with E-state index in [1.807, 2.05) is 0 Å². The smallest absolute Gasteiger partial charge is 0.239 e. The van der Waals surface area contributed by atoms with E-state index in [0.29, 0.717) is 0 Å². The van der Waals surface area contributed by atoms with Crippen molar-refractivity contribution in [3.8, 4) is 0 Å². The maximum absolute atomic E-state index is 11.0. The van der Waals surface area contributed by atoms with Gasteiger partial charge in [0.05, 0.1) is 5.75 Å². The van der Waals surface area contributed by atoms with Crippen molar-refractivity contribution >= 4 is 22.7 Å². The molecule has 56 valence electrons. The molecule has 0 radical (unpaired) electrons. The minimum absolute atomic E-state index is 0.0693. The molecule has 1 rings (SSSR count). The van der Waals surface area contributed by atoms with Crippen molar-refractivity contribution in [1.29, 1.82) is 0 Å². The van der Waals surface area contributed by atoms with Crippen LogP contribution in [0, 0.1) is 0 Å². The van der Waals surface area contributed by atoms with Gasteiger partial charge >= 0.3 is 22.7 Å². The lowest BCUT2D eigenvalue weighted by Crippen LogP contribution is -2.38. The number of sulfonamides is 1. The van der Waals surface area contributed by atoms with Gasteiger partial charge in [-0.15, -0.1) is 5.43 Å². The number of nitrogens with one attached hydrogen (secondary N) is 1. The second kappa shape index (κ2) is 2.32. The molecule has 5 nitrogen and oxygen atoms in total. The van der Waals surface area contributed by atoms with Gasteiger partial charge in [0.15, 0.2) is 0 Å². The fourth-order valence-electron chi connectivity index (χ4n) is 0.509. The molecule has 0 aromatic heterocycles. The molecule has 0 aromatic carbocycles. The lowest BCUT2D eigenvalue weighted by atomic mass is 11.0. The summed E-state index contributed by atoms with van der Waals surface area (Å²) in [5.74, 6) is 0.0693. The number of nitrogens with zero attached hydrogens (tertiary/aromatic N) is 2. The normalized spacial score (nSPS) is 15.9. The largest absolute Gasteiger partial charge is 0.323 e. The van der Waals surface area contributed by atoms with Crippen molar-refractivity contribution in [3.63, 3.8) is 0 Å². The summed E-state index contributed by atoms with van der Waals surface area (Å²) in [5, 5.41) is 0. The highest BCUT2D eigenvalue weighted by atomic mass is 32.2. The van der Waals surface area contributed by atoms with E-state index in [2.05, 4.69) is 10.1 Å². The van der Waals surface area contributed by atoms with Gasteiger partial charge in [0.25, 0.3) is 0 Å². The van der Waals surface area contributed by atoms with Crippen LogP contribution in [0.4, 0.5) is 0 Å². The maximum Gasteiger partial charge on any atom is 0.323 e. The molecule has 1 aliphatic heterocycles. The second-order valence-electron chi connectivity index (χ2n) is 1.72. The molecule has 0 atom stereocenters. The zero-order valence-corrected chi connectivity index (χ0v) is 6.30. The number of hydrazine groups is 1. The first-order valence-electron chi connectivity index (χ1n) is 2.80. The molecule has 0 fully saturated rings. The lowest BCUT2D eigenvalue weighted by Gasteiger charge is -2.02. The van der Waals surface area contributed by atoms with Gasteiger partial charge in [0, 0.05) is 0 Å². The highest BCUT2D eigenvalue weighted by Crippen LogP contribution is 1.92. The quantitative estimate of drug-likeness (QED) is 0.491. The van der Waals surface area contributed by atoms with Crippen molar-refractivity contribution in [1.82, 2.24) is 14.5 Å². The van der Waals surface area contributed by atoms with Crippen molar-refractivity contribution in [2.75, 3.05) is 5.75 Å². The molecule has 1 N–H and O–H groups in total. The molecule has 0 spiro atoms. The molecular weight excluding hydrogens is 154 g/mol. The molecule has 1 heterocycles. The van der Waals surface area contributed by atoms with Gasteiger partial charge in [-0.05, 0) is 11.3 Å². The summed E-state index contributed by atoms with van der Waals surface area (Å²) < 4.78 is 26.5. The van der Waals surface area contributed by atoms with Crippen molar-refractivity contribution in [2.45, 2.75) is 6.92 Å². The van der Waals surface area contributed by atoms with Gasteiger partial charge in [0.2, 0.25) is 0 Å². The predicted molar refractivity (Wildman–Crippen MR) is 38.7 cm³/mol. The van der Waals surface area contributed by atoms with E-state index < -0.39 is 10.0 Å². The Morgan fingerprint density at radius 2 is 2.40 bits per heavy atom. The lowest BCUT2D eigenvalue weighted by molar-refractivity contribution is 0.516. The van der Waals surface area contributed by atoms with Gasteiger partial charge in [-0.1, -0.05) is 0 Å². The zero-order valence-electron chi connectivity index (χ0n) is 5.48. The summed E-state index contributed by atoms with van der Waals surface area (Å²) in [6, 6.07) is 0. The summed E-state index contributed by atoms with van der Waals surface area (Å²) in [6.45, 7) is 1.57. The van der Waals surface area contributed by atoms with E-state index in [1.165, 1.54) is 12.7 Å². The minimum Gasteiger partial charge on any atom is -0.239 e. The first kappa shape index (κ1) is 7.11. The van der Waals surface area contributed by atoms with Crippen LogP contribution in [0.1, 0.15) is 6.92 Å². The molecule has 0 bridgehead atoms. The average molecular weight is 162 g/mol. The topological polar surface area (TPSA) is 63.5 Å². The molecule has 10 heavy (non-hydrogen) atoms. The first-order valence-corrected chi connectivity index (χ1v) is 4.41. The van der Waals surface area contributed by atoms with Crippen molar-refractivity contribution < 1.29 is 8.42 Å². The van der Waals surface area contributed by atoms with Crippen LogP contribution in [-0.4, -0.2) is 31.3 Å². The fraction of sp³-hybridized carbons (Fsp3) is 0.500. The third-order valence-corrected chi connectivity index (χ3v) is 2.62. The van der Waals surface area contributed by atoms with Gasteiger partial charge in [-0.25, -0.2) is 4.67 Å². The van der Waals surface area contributed by atoms with E-state index in [4.69, 9.17) is 0 Å². The number of hydrogen-bond acceptors (Lipinski definition) is 3. The Hall–Kier alpha value is -1.00. The Morgan fingerprint density at radius 3 is 2.80 bits per heavy atom. The fourth-order valence-corrected chi connectivity index (χ4v) is 1.19. The summed E-state index contributed by atoms with van der Waals surface area (Å²) in [5.41, 5.74) is 2.45. The Bertz CT molecular complexity index is 275. The molecule has 0 amide bonds. The van der Waals surface area contributed by atoms with Crippen molar-refractivity contribution in [3.05, 3.63) is 0 Å². The van der Waals surface area contributed by atoms with E-state index >= 15 is 0 Å². The Labute approximate surface area is 59.1 Å². The van der Waals surface area contributed by atoms with Crippen LogP contribution in [-0.2, 0) is 10.0 Å². The first-order chi connectivity index (χ1) is 4.67. The summed E-state index contributed by atoms with van der Waals surface area (Å²) in [6.07, 6.45) is 2.53. The second-order valence-corrected chi connectivity index (χ2v) is 3.85. The van der Waals surface area contributed by atoms with E-state index in [-0.39, 0.29) is 5.75 Å². The van der Waals surface area contributed by atoms with Crippen LogP contribution >= 0.6 is 0 Å². The minimum atomic E-state index is -3.16. The molecule has 1 aliphatic rings. The summed E-state index contributed by atoms with van der Waals surface area (Å²) >= 11 is 0. The highest BCUT2D eigenvalue weighted by Gasteiger charge is 2.25. The monoisotopic (exact) mass is 162 g/mol. The van der Waals surface area contributed by atoms with Gasteiger partial charge < -0.3 is 0 Å². The Morgan fingerprint density at radius 1 is 1.70 bits per heavy atom. The van der Waals surface area contributed by atoms with Crippen LogP contribution in [0.3, 0.4) is 0 Å².